The Balaban J connectivity index is 1.90. The first kappa shape index (κ1) is 14.8. The molecule has 1 aromatic heterocycles. The van der Waals surface area contributed by atoms with Gasteiger partial charge in [-0.15, -0.1) is 0 Å². The average molecular weight is 326 g/mol. The first-order chi connectivity index (χ1) is 10.5. The summed E-state index contributed by atoms with van der Waals surface area (Å²) in [5.74, 6) is -1.73. The maximum Gasteiger partial charge on any atom is 0.224 e. The van der Waals surface area contributed by atoms with E-state index in [1.165, 1.54) is 0 Å². The van der Waals surface area contributed by atoms with Gasteiger partial charge in [0.15, 0.2) is 11.6 Å². The van der Waals surface area contributed by atoms with Crippen molar-refractivity contribution in [3.8, 4) is 0 Å². The van der Waals surface area contributed by atoms with Gasteiger partial charge in [0.2, 0.25) is 11.2 Å². The molecule has 0 unspecified atom stereocenters. The number of carbonyl (C=O) groups is 1. The number of aromatic nitrogens is 2. The summed E-state index contributed by atoms with van der Waals surface area (Å²) in [5.41, 5.74) is 14.1. The minimum absolute atomic E-state index is 0.0240. The van der Waals surface area contributed by atoms with Crippen molar-refractivity contribution in [2.45, 2.75) is 24.9 Å². The highest BCUT2D eigenvalue weighted by atomic mass is 35.5. The zero-order valence-corrected chi connectivity index (χ0v) is 12.1. The lowest BCUT2D eigenvalue weighted by Gasteiger charge is -2.33. The predicted molar refractivity (Wildman–Crippen MR) is 76.2 cm³/mol. The molecule has 1 aromatic rings. The van der Waals surface area contributed by atoms with E-state index in [2.05, 4.69) is 25.3 Å². The van der Waals surface area contributed by atoms with Gasteiger partial charge in [0.25, 0.3) is 0 Å². The van der Waals surface area contributed by atoms with Crippen LogP contribution in [0.1, 0.15) is 12.8 Å². The predicted octanol–water partition coefficient (Wildman–Crippen LogP) is 1.87. The van der Waals surface area contributed by atoms with Gasteiger partial charge in [-0.1, -0.05) is 5.11 Å². The summed E-state index contributed by atoms with van der Waals surface area (Å²) < 4.78 is 13.8. The van der Waals surface area contributed by atoms with Gasteiger partial charge in [0.05, 0.1) is 12.1 Å². The average Bonchev–Trinajstić information content (AvgIpc) is 3.00. The molecular formula is C12H13ClFN7O. The van der Waals surface area contributed by atoms with Gasteiger partial charge in [0, 0.05) is 17.0 Å². The van der Waals surface area contributed by atoms with E-state index in [0.29, 0.717) is 12.8 Å². The Kier molecular flexibility index (Phi) is 3.76. The number of primary amides is 1. The normalized spacial score (nSPS) is 32.5. The van der Waals surface area contributed by atoms with Gasteiger partial charge in [-0.3, -0.25) is 4.79 Å². The lowest BCUT2D eigenvalue weighted by Crippen LogP contribution is -2.46. The van der Waals surface area contributed by atoms with Crippen LogP contribution in [0.25, 0.3) is 10.4 Å². The molecule has 0 aromatic carbocycles. The van der Waals surface area contributed by atoms with Crippen molar-refractivity contribution >= 4 is 23.3 Å². The van der Waals surface area contributed by atoms with Gasteiger partial charge in [-0.05, 0) is 41.8 Å². The molecule has 2 fully saturated rings. The number of hydrogen-bond acceptors (Lipinski definition) is 5. The van der Waals surface area contributed by atoms with Crippen LogP contribution in [0.5, 0.6) is 0 Å². The van der Waals surface area contributed by atoms with Crippen LogP contribution in [-0.2, 0) is 4.79 Å². The quantitative estimate of drug-likeness (QED) is 0.378. The zero-order valence-electron chi connectivity index (χ0n) is 11.4. The third-order valence-electron chi connectivity index (χ3n) is 4.52. The summed E-state index contributed by atoms with van der Waals surface area (Å²) in [7, 11) is 0. The smallest absolute Gasteiger partial charge is 0.224 e. The molecule has 0 saturated heterocycles. The summed E-state index contributed by atoms with van der Waals surface area (Å²) in [6.07, 6.45) is 2.28. The molecule has 3 rings (SSSR count). The third kappa shape index (κ3) is 2.42. The van der Waals surface area contributed by atoms with E-state index >= 15 is 0 Å². The first-order valence-electron chi connectivity index (χ1n) is 6.79. The van der Waals surface area contributed by atoms with Crippen LogP contribution in [0.3, 0.4) is 0 Å². The Labute approximate surface area is 129 Å². The monoisotopic (exact) mass is 325 g/mol. The van der Waals surface area contributed by atoms with E-state index in [1.54, 1.807) is 0 Å². The molecule has 0 spiro atoms. The number of azide groups is 1. The number of carbonyl (C=O) groups excluding carboxylic acids is 1. The largest absolute Gasteiger partial charge is 0.369 e. The molecule has 10 heteroatoms. The van der Waals surface area contributed by atoms with Gasteiger partial charge < -0.3 is 11.1 Å². The summed E-state index contributed by atoms with van der Waals surface area (Å²) in [6.45, 7) is 0. The fraction of sp³-hybridized carbons (Fsp3) is 0.583. The summed E-state index contributed by atoms with van der Waals surface area (Å²) >= 11 is 5.67. The van der Waals surface area contributed by atoms with Crippen LogP contribution >= 0.6 is 11.6 Å². The second-order valence-corrected chi connectivity index (χ2v) is 5.94. The van der Waals surface area contributed by atoms with E-state index in [4.69, 9.17) is 22.9 Å². The van der Waals surface area contributed by atoms with Crippen molar-refractivity contribution in [3.63, 3.8) is 0 Å². The molecule has 2 saturated carbocycles. The molecule has 116 valence electrons. The van der Waals surface area contributed by atoms with Crippen LogP contribution in [-0.4, -0.2) is 28.0 Å². The minimum atomic E-state index is -0.671. The molecule has 5 atom stereocenters. The molecule has 0 aliphatic heterocycles. The molecule has 2 aliphatic carbocycles. The van der Waals surface area contributed by atoms with Crippen LogP contribution in [0, 0.1) is 23.6 Å². The number of fused-ring (bicyclic) bond motifs is 2. The van der Waals surface area contributed by atoms with Gasteiger partial charge in [-0.2, -0.15) is 4.98 Å². The fourth-order valence-corrected chi connectivity index (χ4v) is 3.87. The van der Waals surface area contributed by atoms with Crippen LogP contribution in [0.15, 0.2) is 11.3 Å². The molecule has 2 bridgehead atoms. The Morgan fingerprint density at radius 1 is 1.59 bits per heavy atom. The second-order valence-electron chi connectivity index (χ2n) is 5.60. The topological polar surface area (TPSA) is 130 Å². The number of nitrogens with two attached hydrogens (primary N) is 1. The standard InChI is InChI=1S/C12H13ClFN7O/c13-12-17-3-6(14)11(19-12)18-9-5-1-4(8(9)10(15)22)2-7(5)20-21-16/h3-5,7-9H,1-2H2,(H2,15,22)(H,17,18,19)/t4-,5+,7+,8-,9+/m0/s1. The van der Waals surface area contributed by atoms with Crippen LogP contribution < -0.4 is 11.1 Å². The number of hydrogen-bond donors (Lipinski definition) is 2. The lowest BCUT2D eigenvalue weighted by molar-refractivity contribution is -0.123. The van der Waals surface area contributed by atoms with E-state index in [1.807, 2.05) is 0 Å². The number of nitrogens with one attached hydrogen (secondary N) is 1. The minimum Gasteiger partial charge on any atom is -0.369 e. The van der Waals surface area contributed by atoms with Crippen molar-refractivity contribution in [1.29, 1.82) is 0 Å². The highest BCUT2D eigenvalue weighted by Crippen LogP contribution is 2.50. The van der Waals surface area contributed by atoms with E-state index in [-0.39, 0.29) is 29.0 Å². The number of rotatable bonds is 4. The zero-order chi connectivity index (χ0) is 15.9. The van der Waals surface area contributed by atoms with E-state index in [0.717, 1.165) is 6.20 Å². The van der Waals surface area contributed by atoms with E-state index < -0.39 is 23.7 Å². The molecule has 1 heterocycles. The number of amides is 1. The Bertz CT molecular complexity index is 665. The highest BCUT2D eigenvalue weighted by molar-refractivity contribution is 6.28. The molecular weight excluding hydrogens is 313 g/mol. The fourth-order valence-electron chi connectivity index (χ4n) is 3.74. The van der Waals surface area contributed by atoms with E-state index in [9.17, 15) is 9.18 Å². The second kappa shape index (κ2) is 5.58. The molecule has 8 nitrogen and oxygen atoms in total. The first-order valence-corrected chi connectivity index (χ1v) is 7.17. The molecule has 1 amide bonds. The Hall–Kier alpha value is -2.12. The number of nitrogens with zero attached hydrogens (tertiary/aromatic N) is 5. The van der Waals surface area contributed by atoms with Crippen LogP contribution in [0.4, 0.5) is 10.2 Å². The molecule has 2 aliphatic rings. The molecule has 3 N–H and O–H groups in total. The Morgan fingerprint density at radius 2 is 2.36 bits per heavy atom. The Morgan fingerprint density at radius 3 is 3.05 bits per heavy atom. The summed E-state index contributed by atoms with van der Waals surface area (Å²) in [5, 5.41) is 6.57. The van der Waals surface area contributed by atoms with Crippen molar-refractivity contribution < 1.29 is 9.18 Å². The third-order valence-corrected chi connectivity index (χ3v) is 4.70. The van der Waals surface area contributed by atoms with Gasteiger partial charge in [0.1, 0.15) is 0 Å². The van der Waals surface area contributed by atoms with Gasteiger partial charge >= 0.3 is 0 Å². The van der Waals surface area contributed by atoms with Crippen molar-refractivity contribution in [1.82, 2.24) is 9.97 Å². The van der Waals surface area contributed by atoms with Crippen molar-refractivity contribution in [2.75, 3.05) is 5.32 Å². The maximum atomic E-state index is 13.8. The van der Waals surface area contributed by atoms with Crippen molar-refractivity contribution in [2.24, 2.45) is 28.6 Å². The van der Waals surface area contributed by atoms with Crippen LogP contribution in [0.2, 0.25) is 5.28 Å². The SMILES string of the molecule is [N-]=[N+]=N[C@@H]1C[C@@H]2C[C@H]1[C@@H](Nc1nc(Cl)ncc1F)[C@H]2C(N)=O. The lowest BCUT2D eigenvalue weighted by atomic mass is 9.81. The number of anilines is 1. The summed E-state index contributed by atoms with van der Waals surface area (Å²) in [6, 6.07) is -0.671. The summed E-state index contributed by atoms with van der Waals surface area (Å²) in [4.78, 5) is 21.9. The van der Waals surface area contributed by atoms with Crippen molar-refractivity contribution in [3.05, 3.63) is 27.7 Å². The molecule has 22 heavy (non-hydrogen) atoms. The number of halogens is 2. The van der Waals surface area contributed by atoms with Gasteiger partial charge in [-0.25, -0.2) is 9.37 Å². The molecule has 0 radical (unpaired) electrons. The highest BCUT2D eigenvalue weighted by Gasteiger charge is 2.54. The maximum absolute atomic E-state index is 13.8.